The second-order valence-corrected chi connectivity index (χ2v) is 13.8. The van der Waals surface area contributed by atoms with Gasteiger partial charge in [-0.05, 0) is 82.3 Å². The van der Waals surface area contributed by atoms with Gasteiger partial charge in [-0.1, -0.05) is 88.3 Å². The Labute approximate surface area is 225 Å². The number of aromatic nitrogens is 1. The van der Waals surface area contributed by atoms with Crippen molar-refractivity contribution in [3.63, 3.8) is 0 Å². The molecule has 0 spiro atoms. The van der Waals surface area contributed by atoms with Crippen molar-refractivity contribution in [3.8, 4) is 11.3 Å². The lowest BCUT2D eigenvalue weighted by Crippen LogP contribution is -2.32. The zero-order valence-corrected chi connectivity index (χ0v) is 24.4. The maximum atomic E-state index is 2.45. The number of nitrogens with zero attached hydrogens (tertiary/aromatic N) is 1. The van der Waals surface area contributed by atoms with E-state index in [-0.39, 0.29) is 5.41 Å². The molecule has 1 nitrogen and oxygen atoms in total. The molecule has 2 heteroatoms. The minimum Gasteiger partial charge on any atom is -0.200 e. The van der Waals surface area contributed by atoms with Crippen LogP contribution in [-0.4, -0.2) is 0 Å². The van der Waals surface area contributed by atoms with Gasteiger partial charge in [-0.15, -0.1) is 0 Å². The summed E-state index contributed by atoms with van der Waals surface area (Å²) in [5, 5.41) is 8.34. The van der Waals surface area contributed by atoms with Gasteiger partial charge in [-0.3, -0.25) is 0 Å². The van der Waals surface area contributed by atoms with Gasteiger partial charge in [0.25, 0.3) is 0 Å². The van der Waals surface area contributed by atoms with E-state index in [4.69, 9.17) is 0 Å². The summed E-state index contributed by atoms with van der Waals surface area (Å²) in [5.74, 6) is 0.598. The lowest BCUT2D eigenvalue weighted by molar-refractivity contribution is -0.659. The van der Waals surface area contributed by atoms with Crippen LogP contribution < -0.4 is 4.57 Å². The molecule has 188 valence electrons. The number of pyridine rings is 1. The maximum absolute atomic E-state index is 2.45. The number of hydrogen-bond donors (Lipinski definition) is 0. The van der Waals surface area contributed by atoms with Crippen LogP contribution in [0.1, 0.15) is 56.9 Å². The van der Waals surface area contributed by atoms with E-state index in [0.717, 1.165) is 12.8 Å². The van der Waals surface area contributed by atoms with Gasteiger partial charge in [-0.25, -0.2) is 4.57 Å². The van der Waals surface area contributed by atoms with E-state index in [2.05, 4.69) is 115 Å². The van der Waals surface area contributed by atoms with Crippen LogP contribution in [0, 0.1) is 25.2 Å². The lowest BCUT2D eigenvalue weighted by Gasteiger charge is -2.26. The van der Waals surface area contributed by atoms with Gasteiger partial charge in [0.2, 0.25) is 5.69 Å². The number of aryl methyl sites for hydroxylation is 3. The fourth-order valence-corrected chi connectivity index (χ4v) is 7.71. The summed E-state index contributed by atoms with van der Waals surface area (Å²) < 4.78 is 2.36. The topological polar surface area (TPSA) is 3.88 Å². The van der Waals surface area contributed by atoms with Crippen molar-refractivity contribution in [2.75, 3.05) is 0 Å². The Hall–Kier alpha value is -2.84. The molecule has 1 aromatic heterocycles. The van der Waals surface area contributed by atoms with Crippen molar-refractivity contribution >= 4 is 44.1 Å². The van der Waals surface area contributed by atoms with Crippen molar-refractivity contribution in [3.05, 3.63) is 77.0 Å². The summed E-state index contributed by atoms with van der Waals surface area (Å²) in [6.45, 7) is 16.2. The summed E-state index contributed by atoms with van der Waals surface area (Å²) in [5.41, 5.74) is 8.74. The second-order valence-electron chi connectivity index (χ2n) is 12.8. The Morgan fingerprint density at radius 1 is 0.865 bits per heavy atom. The minimum absolute atomic E-state index is 0.268. The van der Waals surface area contributed by atoms with Crippen LogP contribution in [0.25, 0.3) is 43.6 Å². The molecule has 6 rings (SSSR count). The quantitative estimate of drug-likeness (QED) is 0.171. The second kappa shape index (κ2) is 8.60. The molecule has 1 aliphatic rings. The predicted octanol–water partition coefficient (Wildman–Crippen LogP) is 9.51. The van der Waals surface area contributed by atoms with E-state index >= 15 is 0 Å². The number of rotatable bonds is 3. The van der Waals surface area contributed by atoms with Gasteiger partial charge in [-0.2, -0.15) is 0 Å². The zero-order chi connectivity index (χ0) is 26.2. The number of fused-ring (bicyclic) bond motifs is 5. The number of hydrogen-bond acceptors (Lipinski definition) is 1. The normalized spacial score (nSPS) is 13.2. The van der Waals surface area contributed by atoms with Crippen LogP contribution in [0.4, 0.5) is 0 Å². The Kier molecular flexibility index (Phi) is 5.69. The Balaban J connectivity index is 1.73. The Morgan fingerprint density at radius 3 is 2.38 bits per heavy atom. The molecule has 0 aliphatic carbocycles. The first-order valence-corrected chi connectivity index (χ1v) is 14.5. The molecule has 0 N–H and O–H groups in total. The monoisotopic (exact) mass is 504 g/mol. The van der Waals surface area contributed by atoms with Crippen molar-refractivity contribution < 1.29 is 4.57 Å². The third-order valence-corrected chi connectivity index (χ3v) is 9.04. The molecule has 2 heterocycles. The van der Waals surface area contributed by atoms with Crippen LogP contribution in [0.3, 0.4) is 0 Å². The van der Waals surface area contributed by atoms with E-state index in [1.165, 1.54) is 75.6 Å². The molecule has 0 saturated heterocycles. The first-order chi connectivity index (χ1) is 17.5. The summed E-state index contributed by atoms with van der Waals surface area (Å²) in [7, 11) is 2.22. The van der Waals surface area contributed by atoms with Gasteiger partial charge >= 0.3 is 0 Å². The van der Waals surface area contributed by atoms with Gasteiger partial charge in [0.15, 0.2) is 6.20 Å². The van der Waals surface area contributed by atoms with Gasteiger partial charge in [0.05, 0.1) is 10.9 Å². The fraction of sp³-hybridized carbons (Fsp3) is 0.343. The third-order valence-electron chi connectivity index (χ3n) is 7.84. The molecule has 4 aromatic carbocycles. The van der Waals surface area contributed by atoms with Gasteiger partial charge in [0.1, 0.15) is 7.05 Å². The Bertz CT molecular complexity index is 1730. The molecule has 5 aromatic rings. The first-order valence-electron chi connectivity index (χ1n) is 13.6. The predicted molar refractivity (Wildman–Crippen MR) is 161 cm³/mol. The zero-order valence-electron chi connectivity index (χ0n) is 23.5. The van der Waals surface area contributed by atoms with Crippen molar-refractivity contribution in [2.45, 2.75) is 71.1 Å². The fourth-order valence-electron chi connectivity index (χ4n) is 6.33. The van der Waals surface area contributed by atoms with Crippen LogP contribution >= 0.6 is 11.8 Å². The molecule has 0 radical (unpaired) electrons. The van der Waals surface area contributed by atoms with E-state index in [1.54, 1.807) is 0 Å². The maximum Gasteiger partial charge on any atom is 0.222 e. The van der Waals surface area contributed by atoms with Crippen LogP contribution in [0.15, 0.2) is 64.5 Å². The van der Waals surface area contributed by atoms with E-state index in [9.17, 15) is 0 Å². The molecule has 1 aliphatic heterocycles. The van der Waals surface area contributed by atoms with Crippen molar-refractivity contribution in [2.24, 2.45) is 18.4 Å². The lowest BCUT2D eigenvalue weighted by atomic mass is 9.86. The van der Waals surface area contributed by atoms with Crippen LogP contribution in [0.5, 0.6) is 0 Å². The summed E-state index contributed by atoms with van der Waals surface area (Å²) in [4.78, 5) is 2.85. The smallest absolute Gasteiger partial charge is 0.200 e. The largest absolute Gasteiger partial charge is 0.222 e. The molecular formula is C35H38NS+. The molecule has 37 heavy (non-hydrogen) atoms. The highest BCUT2D eigenvalue weighted by Gasteiger charge is 2.32. The SMILES string of the molecule is Cc1ccc2c(CC(C)C)c3c(c(C)c2c1)-c1c2c(cc4ccc(CC(C)(C)C)cc4c2cc[n+]1C)S3. The minimum atomic E-state index is 0.268. The molecule has 0 unspecified atom stereocenters. The average molecular weight is 505 g/mol. The van der Waals surface area contributed by atoms with Gasteiger partial charge in [0, 0.05) is 21.2 Å². The third kappa shape index (κ3) is 4.05. The van der Waals surface area contributed by atoms with Crippen LogP contribution in [-0.2, 0) is 19.9 Å². The van der Waals surface area contributed by atoms with E-state index in [0.29, 0.717) is 5.92 Å². The molecule has 0 fully saturated rings. The molecular weight excluding hydrogens is 466 g/mol. The summed E-state index contributed by atoms with van der Waals surface area (Å²) in [6, 6.07) is 19.0. The van der Waals surface area contributed by atoms with Gasteiger partial charge < -0.3 is 0 Å². The molecule has 0 amide bonds. The van der Waals surface area contributed by atoms with E-state index in [1.807, 2.05) is 11.8 Å². The van der Waals surface area contributed by atoms with Crippen molar-refractivity contribution in [1.29, 1.82) is 0 Å². The standard InChI is InChI=1S/C35H38NS/c1-20(2)15-29-25-12-9-21(3)16-27(25)22(4)31-33-32-26(13-14-36(33)8)28-17-23(19-35(5,6)7)10-11-24(28)18-30(32)37-34(29)31/h9-14,16-18,20H,15,19H2,1-8H3/q+1. The highest BCUT2D eigenvalue weighted by Crippen LogP contribution is 2.53. The van der Waals surface area contributed by atoms with E-state index < -0.39 is 0 Å². The molecule has 0 atom stereocenters. The van der Waals surface area contributed by atoms with Crippen LogP contribution in [0.2, 0.25) is 0 Å². The highest BCUT2D eigenvalue weighted by molar-refractivity contribution is 8.00. The summed E-state index contributed by atoms with van der Waals surface area (Å²) in [6.07, 6.45) is 4.45. The molecule has 0 bridgehead atoms. The number of benzene rings is 4. The first kappa shape index (κ1) is 24.5. The average Bonchev–Trinajstić information content (AvgIpc) is 2.82. The van der Waals surface area contributed by atoms with Crippen molar-refractivity contribution in [1.82, 2.24) is 0 Å². The molecule has 0 saturated carbocycles. The highest BCUT2D eigenvalue weighted by atomic mass is 32.2. The summed E-state index contributed by atoms with van der Waals surface area (Å²) >= 11 is 2.00. The Morgan fingerprint density at radius 2 is 1.65 bits per heavy atom.